The van der Waals surface area contributed by atoms with E-state index in [1.54, 1.807) is 6.92 Å². The Morgan fingerprint density at radius 1 is 1.04 bits per heavy atom. The number of Topliss-reactive ketones (excluding diaryl/α,β-unsaturated/α-hetero) is 1. The molecule has 0 radical (unpaired) electrons. The third-order valence-electron chi connectivity index (χ3n) is 4.11. The summed E-state index contributed by atoms with van der Waals surface area (Å²) in [5.74, 6) is 0.510. The summed E-state index contributed by atoms with van der Waals surface area (Å²) in [6.45, 7) is 3.48. The van der Waals surface area contributed by atoms with E-state index < -0.39 is 0 Å². The number of aromatic nitrogens is 2. The van der Waals surface area contributed by atoms with Crippen LogP contribution >= 0.6 is 0 Å². The van der Waals surface area contributed by atoms with Crippen LogP contribution in [0, 0.1) is 6.92 Å². The normalized spacial score (nSPS) is 11.1. The van der Waals surface area contributed by atoms with Crippen LogP contribution in [0.4, 0.5) is 0 Å². The van der Waals surface area contributed by atoms with Gasteiger partial charge < -0.3 is 9.40 Å². The van der Waals surface area contributed by atoms with Gasteiger partial charge in [0.15, 0.2) is 11.4 Å². The quantitative estimate of drug-likeness (QED) is 0.541. The highest BCUT2D eigenvalue weighted by Gasteiger charge is 2.23. The van der Waals surface area contributed by atoms with Crippen LogP contribution in [0.15, 0.2) is 59.0 Å². The standard InChI is InChI=1S/C20H16N2O2/c1-12-17(13(2)23)18(14-8-4-3-5-9-14)19(21-12)20-22-15-10-6-7-11-16(15)24-20/h3-11,21H,1-2H3. The highest BCUT2D eigenvalue weighted by molar-refractivity contribution is 6.05. The third-order valence-corrected chi connectivity index (χ3v) is 4.11. The first kappa shape index (κ1) is 14.5. The Balaban J connectivity index is 2.02. The zero-order chi connectivity index (χ0) is 16.7. The molecule has 4 aromatic rings. The van der Waals surface area contributed by atoms with Gasteiger partial charge in [0.2, 0.25) is 5.89 Å². The molecule has 0 spiro atoms. The number of hydrogen-bond donors (Lipinski definition) is 1. The SMILES string of the molecule is CC(=O)c1c(C)[nH]c(-c2nc3ccccc3o2)c1-c1ccccc1. The van der Waals surface area contributed by atoms with Gasteiger partial charge in [-0.25, -0.2) is 4.98 Å². The van der Waals surface area contributed by atoms with Gasteiger partial charge in [0.05, 0.1) is 0 Å². The van der Waals surface area contributed by atoms with Crippen molar-refractivity contribution in [2.24, 2.45) is 0 Å². The maximum Gasteiger partial charge on any atom is 0.244 e. The highest BCUT2D eigenvalue weighted by atomic mass is 16.3. The Hall–Kier alpha value is -3.14. The smallest absolute Gasteiger partial charge is 0.244 e. The minimum absolute atomic E-state index is 0.0185. The Morgan fingerprint density at radius 3 is 2.46 bits per heavy atom. The lowest BCUT2D eigenvalue weighted by atomic mass is 9.98. The van der Waals surface area contributed by atoms with Gasteiger partial charge in [0.1, 0.15) is 11.2 Å². The number of carbonyl (C=O) groups excluding carboxylic acids is 1. The van der Waals surface area contributed by atoms with Crippen LogP contribution in [0.3, 0.4) is 0 Å². The van der Waals surface area contributed by atoms with Crippen LogP contribution in [-0.2, 0) is 0 Å². The summed E-state index contributed by atoms with van der Waals surface area (Å²) in [6.07, 6.45) is 0. The maximum absolute atomic E-state index is 12.2. The molecule has 2 aromatic heterocycles. The van der Waals surface area contributed by atoms with Gasteiger partial charge in [-0.3, -0.25) is 4.79 Å². The number of ketones is 1. The molecule has 0 bridgehead atoms. The number of nitrogens with zero attached hydrogens (tertiary/aromatic N) is 1. The average Bonchev–Trinajstić information content (AvgIpc) is 3.16. The number of H-pyrrole nitrogens is 1. The third kappa shape index (κ3) is 2.24. The lowest BCUT2D eigenvalue weighted by Gasteiger charge is -2.04. The van der Waals surface area contributed by atoms with Gasteiger partial charge >= 0.3 is 0 Å². The van der Waals surface area contributed by atoms with E-state index in [0.29, 0.717) is 11.5 Å². The van der Waals surface area contributed by atoms with Gasteiger partial charge in [-0.2, -0.15) is 0 Å². The number of aryl methyl sites for hydroxylation is 1. The largest absolute Gasteiger partial charge is 0.435 e. The van der Waals surface area contributed by atoms with E-state index >= 15 is 0 Å². The van der Waals surface area contributed by atoms with Crippen molar-refractivity contribution in [1.82, 2.24) is 9.97 Å². The Kier molecular flexibility index (Phi) is 3.31. The van der Waals surface area contributed by atoms with E-state index in [1.807, 2.05) is 61.5 Å². The molecule has 0 aliphatic carbocycles. The fourth-order valence-corrected chi connectivity index (χ4v) is 3.10. The minimum atomic E-state index is 0.0185. The first-order valence-corrected chi connectivity index (χ1v) is 7.80. The molecule has 0 saturated heterocycles. The maximum atomic E-state index is 12.2. The summed E-state index contributed by atoms with van der Waals surface area (Å²) in [6, 6.07) is 17.5. The fourth-order valence-electron chi connectivity index (χ4n) is 3.10. The van der Waals surface area contributed by atoms with Gasteiger partial charge in [-0.15, -0.1) is 0 Å². The molecule has 2 aromatic carbocycles. The predicted molar refractivity (Wildman–Crippen MR) is 94.0 cm³/mol. The molecule has 0 atom stereocenters. The molecule has 4 heteroatoms. The molecular formula is C20H16N2O2. The molecule has 1 N–H and O–H groups in total. The Morgan fingerprint density at radius 2 is 1.75 bits per heavy atom. The average molecular weight is 316 g/mol. The van der Waals surface area contributed by atoms with Crippen molar-refractivity contribution in [2.75, 3.05) is 0 Å². The molecule has 24 heavy (non-hydrogen) atoms. The number of para-hydroxylation sites is 2. The van der Waals surface area contributed by atoms with Crippen molar-refractivity contribution in [3.63, 3.8) is 0 Å². The number of oxazole rings is 1. The summed E-state index contributed by atoms with van der Waals surface area (Å²) in [5.41, 5.74) is 5.56. The summed E-state index contributed by atoms with van der Waals surface area (Å²) < 4.78 is 5.91. The molecule has 0 fully saturated rings. The lowest BCUT2D eigenvalue weighted by molar-refractivity contribution is 0.101. The zero-order valence-corrected chi connectivity index (χ0v) is 13.5. The molecule has 118 valence electrons. The zero-order valence-electron chi connectivity index (χ0n) is 13.5. The molecular weight excluding hydrogens is 300 g/mol. The molecule has 4 rings (SSSR count). The molecule has 2 heterocycles. The van der Waals surface area contributed by atoms with Gasteiger partial charge in [0.25, 0.3) is 0 Å². The highest BCUT2D eigenvalue weighted by Crippen LogP contribution is 2.37. The van der Waals surface area contributed by atoms with E-state index in [4.69, 9.17) is 4.42 Å². The molecule has 0 unspecified atom stereocenters. The number of benzene rings is 2. The molecule has 0 aliphatic heterocycles. The van der Waals surface area contributed by atoms with E-state index in [9.17, 15) is 4.79 Å². The lowest BCUT2D eigenvalue weighted by Crippen LogP contribution is -1.95. The number of nitrogens with one attached hydrogen (secondary N) is 1. The van der Waals surface area contributed by atoms with Crippen LogP contribution in [-0.4, -0.2) is 15.8 Å². The number of rotatable bonds is 3. The molecule has 0 aliphatic rings. The van der Waals surface area contributed by atoms with Gasteiger partial charge in [0, 0.05) is 16.8 Å². The van der Waals surface area contributed by atoms with Crippen LogP contribution in [0.1, 0.15) is 23.0 Å². The second kappa shape index (κ2) is 5.49. The van der Waals surface area contributed by atoms with Gasteiger partial charge in [-0.05, 0) is 31.5 Å². The summed E-state index contributed by atoms with van der Waals surface area (Å²) in [5, 5.41) is 0. The van der Waals surface area contributed by atoms with Crippen molar-refractivity contribution in [3.05, 3.63) is 65.9 Å². The monoisotopic (exact) mass is 316 g/mol. The molecule has 0 amide bonds. The first-order valence-electron chi connectivity index (χ1n) is 7.80. The minimum Gasteiger partial charge on any atom is -0.435 e. The fraction of sp³-hybridized carbons (Fsp3) is 0.100. The van der Waals surface area contributed by atoms with Crippen LogP contribution in [0.5, 0.6) is 0 Å². The Labute approximate surface area is 139 Å². The number of fused-ring (bicyclic) bond motifs is 1. The van der Waals surface area contributed by atoms with Crippen molar-refractivity contribution >= 4 is 16.9 Å². The van der Waals surface area contributed by atoms with Crippen LogP contribution in [0.25, 0.3) is 33.8 Å². The van der Waals surface area contributed by atoms with Crippen molar-refractivity contribution in [2.45, 2.75) is 13.8 Å². The predicted octanol–water partition coefficient (Wildman–Crippen LogP) is 5.00. The second-order valence-corrected chi connectivity index (χ2v) is 5.78. The van der Waals surface area contributed by atoms with E-state index in [-0.39, 0.29) is 5.78 Å². The topological polar surface area (TPSA) is 58.9 Å². The number of hydrogen-bond acceptors (Lipinski definition) is 3. The molecule has 4 nitrogen and oxygen atoms in total. The van der Waals surface area contributed by atoms with Crippen molar-refractivity contribution < 1.29 is 9.21 Å². The van der Waals surface area contributed by atoms with Crippen LogP contribution < -0.4 is 0 Å². The Bertz CT molecular complexity index is 1010. The molecule has 0 saturated carbocycles. The van der Waals surface area contributed by atoms with E-state index in [1.165, 1.54) is 0 Å². The van der Waals surface area contributed by atoms with E-state index in [2.05, 4.69) is 9.97 Å². The van der Waals surface area contributed by atoms with E-state index in [0.717, 1.165) is 33.6 Å². The number of aromatic amines is 1. The summed E-state index contributed by atoms with van der Waals surface area (Å²) >= 11 is 0. The summed E-state index contributed by atoms with van der Waals surface area (Å²) in [4.78, 5) is 20.1. The second-order valence-electron chi connectivity index (χ2n) is 5.78. The van der Waals surface area contributed by atoms with Gasteiger partial charge in [-0.1, -0.05) is 42.5 Å². The van der Waals surface area contributed by atoms with Crippen molar-refractivity contribution in [1.29, 1.82) is 0 Å². The summed E-state index contributed by atoms with van der Waals surface area (Å²) in [7, 11) is 0. The first-order chi connectivity index (χ1) is 11.6. The van der Waals surface area contributed by atoms with Crippen molar-refractivity contribution in [3.8, 4) is 22.7 Å². The number of carbonyl (C=O) groups is 1. The van der Waals surface area contributed by atoms with Crippen LogP contribution in [0.2, 0.25) is 0 Å².